The van der Waals surface area contributed by atoms with Crippen LogP contribution in [0.25, 0.3) is 0 Å². The van der Waals surface area contributed by atoms with Crippen molar-refractivity contribution in [3.05, 3.63) is 52.3 Å². The molecule has 0 bridgehead atoms. The molecule has 31 heavy (non-hydrogen) atoms. The summed E-state index contributed by atoms with van der Waals surface area (Å²) < 4.78 is 41.4. The van der Waals surface area contributed by atoms with Crippen LogP contribution in [-0.2, 0) is 10.3 Å². The number of carbonyl (C=O) groups excluding carboxylic acids is 1. The lowest BCUT2D eigenvalue weighted by molar-refractivity contribution is -0.115. The molecular weight excluding hydrogens is 429 g/mol. The van der Waals surface area contributed by atoms with Gasteiger partial charge in [-0.05, 0) is 62.6 Å². The van der Waals surface area contributed by atoms with Crippen LogP contribution in [0.15, 0.2) is 41.6 Å². The molecule has 5 nitrogen and oxygen atoms in total. The van der Waals surface area contributed by atoms with Crippen LogP contribution >= 0.6 is 11.6 Å². The first-order valence-electron chi connectivity index (χ1n) is 10.6. The molecule has 1 atom stereocenters. The fourth-order valence-corrected chi connectivity index (χ4v) is 5.25. The average molecular weight is 455 g/mol. The number of likely N-dealkylation sites (tertiary alicyclic amines) is 2. The Hall–Kier alpha value is -1.90. The summed E-state index contributed by atoms with van der Waals surface area (Å²) in [5, 5.41) is 0.258. The van der Waals surface area contributed by atoms with Crippen molar-refractivity contribution in [1.29, 1.82) is 0 Å². The van der Waals surface area contributed by atoms with Crippen molar-refractivity contribution in [1.82, 2.24) is 14.8 Å². The zero-order valence-corrected chi connectivity index (χ0v) is 17.9. The normalized spacial score (nSPS) is 26.6. The first kappa shape index (κ1) is 22.3. The summed E-state index contributed by atoms with van der Waals surface area (Å²) in [6, 6.07) is 3.70. The van der Waals surface area contributed by atoms with Gasteiger partial charge in [0.05, 0.1) is 11.1 Å². The van der Waals surface area contributed by atoms with E-state index in [9.17, 15) is 18.0 Å². The number of nitrogens with two attached hydrogens (primary N) is 1. The van der Waals surface area contributed by atoms with Crippen molar-refractivity contribution >= 4 is 17.5 Å². The van der Waals surface area contributed by atoms with Gasteiger partial charge < -0.3 is 10.6 Å². The molecule has 168 valence electrons. The van der Waals surface area contributed by atoms with Crippen LogP contribution in [-0.4, -0.2) is 59.1 Å². The number of pyridine rings is 1. The highest BCUT2D eigenvalue weighted by atomic mass is 35.5. The second-order valence-corrected chi connectivity index (χ2v) is 8.95. The average Bonchev–Trinajstić information content (AvgIpc) is 3.28. The van der Waals surface area contributed by atoms with E-state index < -0.39 is 23.2 Å². The minimum absolute atomic E-state index is 0.0357. The predicted octanol–water partition coefficient (Wildman–Crippen LogP) is 3.79. The maximum absolute atomic E-state index is 13.8. The fourth-order valence-electron chi connectivity index (χ4n) is 5.14. The molecule has 2 N–H and O–H groups in total. The highest BCUT2D eigenvalue weighted by Gasteiger charge is 2.46. The lowest BCUT2D eigenvalue weighted by Gasteiger charge is -2.48. The molecule has 1 aromatic rings. The zero-order chi connectivity index (χ0) is 22.2. The summed E-state index contributed by atoms with van der Waals surface area (Å²) in [5.41, 5.74) is 3.99. The van der Waals surface area contributed by atoms with E-state index in [0.29, 0.717) is 24.7 Å². The quantitative estimate of drug-likeness (QED) is 0.703. The molecule has 0 radical (unpaired) electrons. The van der Waals surface area contributed by atoms with E-state index in [1.165, 1.54) is 25.1 Å². The topological polar surface area (TPSA) is 62.5 Å². The Labute approximate surface area is 184 Å². The molecule has 0 spiro atoms. The summed E-state index contributed by atoms with van der Waals surface area (Å²) in [6.45, 7) is 3.42. The third kappa shape index (κ3) is 4.52. The Morgan fingerprint density at radius 1 is 1.16 bits per heavy atom. The number of hydrogen-bond acceptors (Lipinski definition) is 4. The number of allylic oxidation sites excluding steroid dienone is 2. The summed E-state index contributed by atoms with van der Waals surface area (Å²) >= 11 is 5.94. The molecule has 0 saturated carbocycles. The number of primary amides is 1. The van der Waals surface area contributed by atoms with Gasteiger partial charge in [-0.3, -0.25) is 9.69 Å². The molecular formula is C22H26ClF3N4O. The van der Waals surface area contributed by atoms with Gasteiger partial charge in [0.1, 0.15) is 5.15 Å². The van der Waals surface area contributed by atoms with Crippen molar-refractivity contribution in [2.24, 2.45) is 5.73 Å². The minimum atomic E-state index is -4.60. The second kappa shape index (κ2) is 8.56. The number of halogens is 4. The van der Waals surface area contributed by atoms with E-state index >= 15 is 0 Å². The Balaban J connectivity index is 1.72. The number of carbonyl (C=O) groups is 1. The summed E-state index contributed by atoms with van der Waals surface area (Å²) in [5.74, 6) is -0.840. The Morgan fingerprint density at radius 3 is 2.39 bits per heavy atom. The van der Waals surface area contributed by atoms with E-state index in [0.717, 1.165) is 32.0 Å². The number of piperidine rings is 1. The molecule has 9 heteroatoms. The van der Waals surface area contributed by atoms with Crippen molar-refractivity contribution in [2.45, 2.75) is 49.9 Å². The van der Waals surface area contributed by atoms with E-state index in [4.69, 9.17) is 17.3 Å². The first-order chi connectivity index (χ1) is 14.7. The van der Waals surface area contributed by atoms with Gasteiger partial charge in [-0.2, -0.15) is 13.2 Å². The standard InChI is InChI=1S/C22H26ClF3N4O/c23-19-4-3-16(14-28-19)21(12-15(20(27)31)11-17(13-21)22(24,25)26)30-9-5-18(6-10-30)29-7-1-2-8-29/h3-4,11,13-14,18H,1-2,5-10,12H2,(H2,27,31). The molecule has 0 aromatic carbocycles. The van der Waals surface area contributed by atoms with Crippen molar-refractivity contribution < 1.29 is 18.0 Å². The van der Waals surface area contributed by atoms with Crippen LogP contribution < -0.4 is 5.73 Å². The van der Waals surface area contributed by atoms with E-state index in [2.05, 4.69) is 9.88 Å². The second-order valence-electron chi connectivity index (χ2n) is 8.56. The van der Waals surface area contributed by atoms with Gasteiger partial charge in [-0.15, -0.1) is 0 Å². The van der Waals surface area contributed by atoms with Crippen LogP contribution in [0.3, 0.4) is 0 Å². The zero-order valence-electron chi connectivity index (χ0n) is 17.2. The summed E-state index contributed by atoms with van der Waals surface area (Å²) in [7, 11) is 0. The SMILES string of the molecule is NC(=O)C1=CC(C(F)(F)F)=CC(c2ccc(Cl)nc2)(N2CCC(N3CCCC3)CC2)C1. The van der Waals surface area contributed by atoms with Crippen molar-refractivity contribution in [2.75, 3.05) is 26.2 Å². The van der Waals surface area contributed by atoms with Gasteiger partial charge in [-0.1, -0.05) is 17.7 Å². The minimum Gasteiger partial charge on any atom is -0.366 e. The molecule has 1 unspecified atom stereocenters. The molecule has 4 rings (SSSR count). The smallest absolute Gasteiger partial charge is 0.366 e. The number of hydrogen-bond donors (Lipinski definition) is 1. The van der Waals surface area contributed by atoms with Gasteiger partial charge in [0, 0.05) is 37.3 Å². The fraction of sp³-hybridized carbons (Fsp3) is 0.545. The third-order valence-corrected chi connectivity index (χ3v) is 6.96. The van der Waals surface area contributed by atoms with Gasteiger partial charge in [0.25, 0.3) is 0 Å². The Bertz CT molecular complexity index is 885. The van der Waals surface area contributed by atoms with E-state index in [1.807, 2.05) is 4.90 Å². The lowest BCUT2D eigenvalue weighted by atomic mass is 9.76. The van der Waals surface area contributed by atoms with E-state index in [-0.39, 0.29) is 17.1 Å². The molecule has 3 heterocycles. The molecule has 2 saturated heterocycles. The number of alkyl halides is 3. The molecule has 1 amide bonds. The number of rotatable bonds is 4. The molecule has 1 aliphatic carbocycles. The number of nitrogens with zero attached hydrogens (tertiary/aromatic N) is 3. The highest BCUT2D eigenvalue weighted by Crippen LogP contribution is 2.45. The van der Waals surface area contributed by atoms with Gasteiger partial charge >= 0.3 is 6.18 Å². The molecule has 2 fully saturated rings. The number of aromatic nitrogens is 1. The maximum Gasteiger partial charge on any atom is 0.416 e. The largest absolute Gasteiger partial charge is 0.416 e. The molecule has 3 aliphatic rings. The third-order valence-electron chi connectivity index (χ3n) is 6.74. The van der Waals surface area contributed by atoms with Crippen molar-refractivity contribution in [3.63, 3.8) is 0 Å². The first-order valence-corrected chi connectivity index (χ1v) is 11.0. The van der Waals surface area contributed by atoms with Crippen LogP contribution in [0.2, 0.25) is 5.15 Å². The van der Waals surface area contributed by atoms with Crippen molar-refractivity contribution in [3.8, 4) is 0 Å². The van der Waals surface area contributed by atoms with Crippen LogP contribution in [0.4, 0.5) is 13.2 Å². The Kier molecular flexibility index (Phi) is 6.16. The lowest BCUT2D eigenvalue weighted by Crippen LogP contribution is -2.53. The highest BCUT2D eigenvalue weighted by molar-refractivity contribution is 6.29. The van der Waals surface area contributed by atoms with Gasteiger partial charge in [-0.25, -0.2) is 4.98 Å². The van der Waals surface area contributed by atoms with E-state index in [1.54, 1.807) is 12.1 Å². The molecule has 1 aromatic heterocycles. The van der Waals surface area contributed by atoms with Crippen LogP contribution in [0.5, 0.6) is 0 Å². The van der Waals surface area contributed by atoms with Crippen LogP contribution in [0, 0.1) is 0 Å². The number of amides is 1. The molecule has 2 aliphatic heterocycles. The maximum atomic E-state index is 13.8. The monoisotopic (exact) mass is 454 g/mol. The van der Waals surface area contributed by atoms with Gasteiger partial charge in [0.15, 0.2) is 0 Å². The predicted molar refractivity (Wildman–Crippen MR) is 112 cm³/mol. The summed E-state index contributed by atoms with van der Waals surface area (Å²) in [4.78, 5) is 20.7. The Morgan fingerprint density at radius 2 is 1.84 bits per heavy atom. The summed E-state index contributed by atoms with van der Waals surface area (Å²) in [6.07, 6.45) is 3.22. The van der Waals surface area contributed by atoms with Gasteiger partial charge in [0.2, 0.25) is 5.91 Å². The van der Waals surface area contributed by atoms with Crippen LogP contribution in [0.1, 0.15) is 37.7 Å².